The van der Waals surface area contributed by atoms with Crippen molar-refractivity contribution in [3.05, 3.63) is 0 Å². The Kier molecular flexibility index (Phi) is 2.42. The second-order valence-electron chi connectivity index (χ2n) is 6.41. The molecule has 4 fully saturated rings. The van der Waals surface area contributed by atoms with Gasteiger partial charge in [-0.3, -0.25) is 4.79 Å². The van der Waals surface area contributed by atoms with Crippen LogP contribution in [0.15, 0.2) is 0 Å². The van der Waals surface area contributed by atoms with Crippen LogP contribution >= 0.6 is 0 Å². The summed E-state index contributed by atoms with van der Waals surface area (Å²) in [6, 6.07) is 0. The molecule has 0 saturated heterocycles. The number of nitrogens with one attached hydrogen (secondary N) is 1. The topological polar surface area (TPSA) is 66.4 Å². The van der Waals surface area contributed by atoms with Crippen LogP contribution < -0.4 is 5.32 Å². The second kappa shape index (κ2) is 3.72. The maximum Gasteiger partial charge on any atom is 0.394 e. The molecule has 4 aliphatic carbocycles. The minimum absolute atomic E-state index is 0.222. The number of rotatable bonds is 2. The molecule has 0 aromatic carbocycles. The van der Waals surface area contributed by atoms with E-state index in [4.69, 9.17) is 5.11 Å². The average molecular weight is 237 g/mol. The lowest BCUT2D eigenvalue weighted by molar-refractivity contribution is -0.151. The second-order valence-corrected chi connectivity index (χ2v) is 6.41. The number of amides is 1. The molecule has 4 nitrogen and oxygen atoms in total. The lowest BCUT2D eigenvalue weighted by Crippen LogP contribution is -2.51. The summed E-state index contributed by atoms with van der Waals surface area (Å²) in [4.78, 5) is 21.6. The number of hydrogen-bond donors (Lipinski definition) is 2. The van der Waals surface area contributed by atoms with Crippen molar-refractivity contribution in [2.24, 2.45) is 23.2 Å². The molecule has 0 aliphatic heterocycles. The van der Waals surface area contributed by atoms with E-state index in [2.05, 4.69) is 5.32 Å². The van der Waals surface area contributed by atoms with E-state index in [0.29, 0.717) is 6.54 Å². The summed E-state index contributed by atoms with van der Waals surface area (Å²) in [6.07, 6.45) is 7.68. The molecule has 4 rings (SSSR count). The van der Waals surface area contributed by atoms with E-state index < -0.39 is 11.9 Å². The predicted molar refractivity (Wildman–Crippen MR) is 61.3 cm³/mol. The van der Waals surface area contributed by atoms with Crippen molar-refractivity contribution in [3.63, 3.8) is 0 Å². The molecule has 0 unspecified atom stereocenters. The van der Waals surface area contributed by atoms with Gasteiger partial charge in [-0.1, -0.05) is 0 Å². The Labute approximate surface area is 101 Å². The third-order valence-electron chi connectivity index (χ3n) is 4.98. The number of carboxylic acids is 1. The fraction of sp³-hybridized carbons (Fsp3) is 0.846. The summed E-state index contributed by atoms with van der Waals surface area (Å²) < 4.78 is 0. The summed E-state index contributed by atoms with van der Waals surface area (Å²) in [5.41, 5.74) is 0.222. The summed E-state index contributed by atoms with van der Waals surface area (Å²) in [5, 5.41) is 11.2. The minimum Gasteiger partial charge on any atom is -0.474 e. The molecule has 0 atom stereocenters. The fourth-order valence-corrected chi connectivity index (χ4v) is 4.85. The van der Waals surface area contributed by atoms with Crippen LogP contribution in [-0.4, -0.2) is 23.5 Å². The van der Waals surface area contributed by atoms with Crippen molar-refractivity contribution < 1.29 is 14.7 Å². The molecule has 94 valence electrons. The highest BCUT2D eigenvalue weighted by Crippen LogP contribution is 2.59. The van der Waals surface area contributed by atoms with Gasteiger partial charge in [0.1, 0.15) is 0 Å². The summed E-state index contributed by atoms with van der Waals surface area (Å²) >= 11 is 0. The van der Waals surface area contributed by atoms with Gasteiger partial charge in [-0.25, -0.2) is 4.79 Å². The summed E-state index contributed by atoms with van der Waals surface area (Å²) in [5.74, 6) is 0.296. The smallest absolute Gasteiger partial charge is 0.394 e. The highest BCUT2D eigenvalue weighted by Gasteiger charge is 2.50. The van der Waals surface area contributed by atoms with E-state index in [1.54, 1.807) is 0 Å². The molecule has 0 heterocycles. The highest BCUT2D eigenvalue weighted by atomic mass is 16.4. The first-order valence-electron chi connectivity index (χ1n) is 6.57. The number of aliphatic carboxylic acids is 1. The Balaban J connectivity index is 1.66. The van der Waals surface area contributed by atoms with Crippen molar-refractivity contribution >= 4 is 11.9 Å². The molecule has 4 saturated carbocycles. The van der Waals surface area contributed by atoms with Gasteiger partial charge in [0.2, 0.25) is 0 Å². The molecule has 0 spiro atoms. The molecule has 0 aromatic rings. The third-order valence-corrected chi connectivity index (χ3v) is 4.98. The molecular formula is C13H19NO3. The van der Waals surface area contributed by atoms with Crippen molar-refractivity contribution in [1.29, 1.82) is 0 Å². The first-order valence-corrected chi connectivity index (χ1v) is 6.57. The zero-order valence-electron chi connectivity index (χ0n) is 9.95. The van der Waals surface area contributed by atoms with Crippen LogP contribution in [-0.2, 0) is 9.59 Å². The van der Waals surface area contributed by atoms with Gasteiger partial charge in [0.05, 0.1) is 0 Å². The van der Waals surface area contributed by atoms with Crippen LogP contribution in [0.25, 0.3) is 0 Å². The molecule has 0 aromatic heterocycles. The van der Waals surface area contributed by atoms with Crippen molar-refractivity contribution in [3.8, 4) is 0 Å². The zero-order valence-corrected chi connectivity index (χ0v) is 9.95. The predicted octanol–water partition coefficient (Wildman–Crippen LogP) is 1.40. The number of carboxylic acid groups (broad SMARTS) is 1. The Morgan fingerprint density at radius 2 is 1.53 bits per heavy atom. The van der Waals surface area contributed by atoms with Crippen LogP contribution in [0.4, 0.5) is 0 Å². The van der Waals surface area contributed by atoms with Gasteiger partial charge in [0.25, 0.3) is 0 Å². The molecule has 0 radical (unpaired) electrons. The quantitative estimate of drug-likeness (QED) is 0.713. The van der Waals surface area contributed by atoms with Crippen LogP contribution in [0.1, 0.15) is 38.5 Å². The standard InChI is InChI=1S/C13H19NO3/c15-11(12(16)17)14-7-13-4-8-1-9(5-13)3-10(2-8)6-13/h8-10H,1-7H2,(H,14,15)(H,16,17). The Bertz CT molecular complexity index is 328. The molecule has 4 aliphatic rings. The highest BCUT2D eigenvalue weighted by molar-refractivity contribution is 6.31. The van der Waals surface area contributed by atoms with Gasteiger partial charge in [-0.05, 0) is 61.7 Å². The van der Waals surface area contributed by atoms with Crippen molar-refractivity contribution in [2.75, 3.05) is 6.54 Å². The number of hydrogen-bond acceptors (Lipinski definition) is 2. The molecule has 2 N–H and O–H groups in total. The lowest BCUT2D eigenvalue weighted by Gasteiger charge is -2.56. The minimum atomic E-state index is -1.37. The van der Waals surface area contributed by atoms with Crippen LogP contribution in [0.3, 0.4) is 0 Å². The molecule has 4 bridgehead atoms. The first-order chi connectivity index (χ1) is 8.06. The van der Waals surface area contributed by atoms with Gasteiger partial charge in [0, 0.05) is 6.54 Å². The fourth-order valence-electron chi connectivity index (χ4n) is 4.85. The third kappa shape index (κ3) is 1.94. The Morgan fingerprint density at radius 1 is 1.06 bits per heavy atom. The number of carbonyl (C=O) groups excluding carboxylic acids is 1. The normalized spacial score (nSPS) is 42.5. The van der Waals surface area contributed by atoms with Gasteiger partial charge in [0.15, 0.2) is 0 Å². The molecule has 4 heteroatoms. The molecule has 1 amide bonds. The van der Waals surface area contributed by atoms with Gasteiger partial charge < -0.3 is 10.4 Å². The van der Waals surface area contributed by atoms with Crippen molar-refractivity contribution in [2.45, 2.75) is 38.5 Å². The average Bonchev–Trinajstić information content (AvgIpc) is 2.24. The monoisotopic (exact) mass is 237 g/mol. The van der Waals surface area contributed by atoms with E-state index in [1.807, 2.05) is 0 Å². The van der Waals surface area contributed by atoms with Gasteiger partial charge in [-0.2, -0.15) is 0 Å². The maximum atomic E-state index is 11.1. The number of carbonyl (C=O) groups is 2. The van der Waals surface area contributed by atoms with Gasteiger partial charge >= 0.3 is 11.9 Å². The Morgan fingerprint density at radius 3 is 1.94 bits per heavy atom. The van der Waals surface area contributed by atoms with Crippen LogP contribution in [0, 0.1) is 23.2 Å². The van der Waals surface area contributed by atoms with E-state index >= 15 is 0 Å². The van der Waals surface area contributed by atoms with E-state index in [-0.39, 0.29) is 5.41 Å². The zero-order chi connectivity index (χ0) is 12.0. The van der Waals surface area contributed by atoms with Crippen molar-refractivity contribution in [1.82, 2.24) is 5.32 Å². The SMILES string of the molecule is O=C(O)C(=O)NCC12CC3CC(CC(C3)C1)C2. The first kappa shape index (κ1) is 11.1. The van der Waals surface area contributed by atoms with Crippen LogP contribution in [0.2, 0.25) is 0 Å². The summed E-state index contributed by atoms with van der Waals surface area (Å²) in [6.45, 7) is 0.571. The van der Waals surface area contributed by atoms with Gasteiger partial charge in [-0.15, -0.1) is 0 Å². The largest absolute Gasteiger partial charge is 0.474 e. The van der Waals surface area contributed by atoms with E-state index in [9.17, 15) is 9.59 Å². The van der Waals surface area contributed by atoms with Crippen LogP contribution in [0.5, 0.6) is 0 Å². The maximum absolute atomic E-state index is 11.1. The Hall–Kier alpha value is -1.06. The molecular weight excluding hydrogens is 218 g/mol. The van der Waals surface area contributed by atoms with E-state index in [0.717, 1.165) is 17.8 Å². The molecule has 17 heavy (non-hydrogen) atoms. The lowest BCUT2D eigenvalue weighted by atomic mass is 9.49. The summed E-state index contributed by atoms with van der Waals surface area (Å²) in [7, 11) is 0. The van der Waals surface area contributed by atoms with E-state index in [1.165, 1.54) is 38.5 Å².